The van der Waals surface area contributed by atoms with Gasteiger partial charge in [0.25, 0.3) is 5.91 Å². The second kappa shape index (κ2) is 9.02. The van der Waals surface area contributed by atoms with Crippen molar-refractivity contribution in [2.75, 3.05) is 5.32 Å². The lowest BCUT2D eigenvalue weighted by Crippen LogP contribution is -2.18. The Kier molecular flexibility index (Phi) is 5.99. The number of carbonyl (C=O) groups excluding carboxylic acids is 1. The van der Waals surface area contributed by atoms with Crippen molar-refractivity contribution in [3.05, 3.63) is 114 Å². The third-order valence-corrected chi connectivity index (χ3v) is 5.44. The van der Waals surface area contributed by atoms with Crippen LogP contribution in [0.4, 0.5) is 5.69 Å². The van der Waals surface area contributed by atoms with Crippen molar-refractivity contribution < 1.29 is 19.1 Å². The van der Waals surface area contributed by atoms with Gasteiger partial charge in [-0.05, 0) is 47.5 Å². The van der Waals surface area contributed by atoms with Gasteiger partial charge in [-0.1, -0.05) is 62.4 Å². The van der Waals surface area contributed by atoms with Gasteiger partial charge in [0, 0.05) is 17.2 Å². The fraction of sp³-hybridized carbons (Fsp3) is 0.148. The summed E-state index contributed by atoms with van der Waals surface area (Å²) in [5.74, 6) is 1.12. The van der Waals surface area contributed by atoms with Crippen molar-refractivity contribution in [1.82, 2.24) is 0 Å². The first kappa shape index (κ1) is 21.2. The highest BCUT2D eigenvalue weighted by Gasteiger charge is 2.22. The van der Waals surface area contributed by atoms with Crippen LogP contribution in [0.15, 0.2) is 95.4 Å². The first-order valence-corrected chi connectivity index (χ1v) is 10.4. The fourth-order valence-electron chi connectivity index (χ4n) is 3.50. The van der Waals surface area contributed by atoms with E-state index in [9.17, 15) is 9.90 Å². The van der Waals surface area contributed by atoms with Gasteiger partial charge in [0.15, 0.2) is 5.76 Å². The minimum absolute atomic E-state index is 0.0782. The minimum Gasteiger partial charge on any atom is -0.508 e. The molecule has 5 nitrogen and oxygen atoms in total. The largest absolute Gasteiger partial charge is 0.508 e. The number of anilines is 1. The zero-order chi connectivity index (χ0) is 22.6. The molecule has 4 aromatic rings. The lowest BCUT2D eigenvalue weighted by molar-refractivity contribution is 0.0992. The van der Waals surface area contributed by atoms with Gasteiger partial charge < -0.3 is 19.6 Å². The second-order valence-corrected chi connectivity index (χ2v) is 8.07. The van der Waals surface area contributed by atoms with E-state index in [1.165, 1.54) is 23.3 Å². The summed E-state index contributed by atoms with van der Waals surface area (Å²) in [6, 6.07) is 28.1. The van der Waals surface area contributed by atoms with Crippen LogP contribution in [0.1, 0.15) is 41.3 Å². The number of benzene rings is 3. The summed E-state index contributed by atoms with van der Waals surface area (Å²) < 4.78 is 11.4. The van der Waals surface area contributed by atoms with Gasteiger partial charge in [-0.15, -0.1) is 0 Å². The summed E-state index contributed by atoms with van der Waals surface area (Å²) in [7, 11) is 0. The smallest absolute Gasteiger partial charge is 0.291 e. The molecule has 0 saturated heterocycles. The number of phenolic OH excluding ortho intramolecular Hbond substituents is 1. The Hall–Kier alpha value is -3.99. The first-order valence-electron chi connectivity index (χ1n) is 10.4. The van der Waals surface area contributed by atoms with E-state index in [1.54, 1.807) is 24.3 Å². The van der Waals surface area contributed by atoms with Gasteiger partial charge in [-0.25, -0.2) is 0 Å². The van der Waals surface area contributed by atoms with Gasteiger partial charge in [0.2, 0.25) is 0 Å². The Morgan fingerprint density at radius 2 is 1.62 bits per heavy atom. The van der Waals surface area contributed by atoms with Crippen molar-refractivity contribution in [3.63, 3.8) is 0 Å². The van der Waals surface area contributed by atoms with E-state index in [0.29, 0.717) is 11.4 Å². The SMILES string of the molecule is CC(C)(c1ccccc1)c1ccc(OCc2ccc(C(=O)Nc3cccc(O)c3)o2)cc1. The van der Waals surface area contributed by atoms with Crippen LogP contribution < -0.4 is 10.1 Å². The molecule has 162 valence electrons. The molecule has 1 heterocycles. The molecule has 5 heteroatoms. The van der Waals surface area contributed by atoms with Crippen LogP contribution in [0.2, 0.25) is 0 Å². The molecule has 32 heavy (non-hydrogen) atoms. The maximum absolute atomic E-state index is 12.3. The van der Waals surface area contributed by atoms with Gasteiger partial charge in [-0.3, -0.25) is 4.79 Å². The highest BCUT2D eigenvalue weighted by atomic mass is 16.5. The van der Waals surface area contributed by atoms with Crippen LogP contribution in [-0.2, 0) is 12.0 Å². The summed E-state index contributed by atoms with van der Waals surface area (Å²) in [6.45, 7) is 4.61. The van der Waals surface area contributed by atoms with E-state index in [4.69, 9.17) is 9.15 Å². The average molecular weight is 428 g/mol. The van der Waals surface area contributed by atoms with Crippen LogP contribution >= 0.6 is 0 Å². The van der Waals surface area contributed by atoms with E-state index in [0.717, 1.165) is 5.75 Å². The number of ether oxygens (including phenoxy) is 1. The van der Waals surface area contributed by atoms with E-state index >= 15 is 0 Å². The topological polar surface area (TPSA) is 71.7 Å². The highest BCUT2D eigenvalue weighted by molar-refractivity contribution is 6.02. The molecule has 4 rings (SSSR count). The molecule has 0 aliphatic heterocycles. The van der Waals surface area contributed by atoms with Crippen LogP contribution in [0.3, 0.4) is 0 Å². The summed E-state index contributed by atoms with van der Waals surface area (Å²) in [6.07, 6.45) is 0. The van der Waals surface area contributed by atoms with E-state index in [2.05, 4.69) is 55.6 Å². The molecule has 0 radical (unpaired) electrons. The molecule has 0 spiro atoms. The van der Waals surface area contributed by atoms with Crippen molar-refractivity contribution in [2.45, 2.75) is 25.9 Å². The third kappa shape index (κ3) is 4.83. The third-order valence-electron chi connectivity index (χ3n) is 5.44. The first-order chi connectivity index (χ1) is 15.4. The summed E-state index contributed by atoms with van der Waals surface area (Å²) in [5, 5.41) is 12.2. The van der Waals surface area contributed by atoms with E-state index in [1.807, 2.05) is 18.2 Å². The predicted octanol–water partition coefficient (Wildman–Crippen LogP) is 6.14. The quantitative estimate of drug-likeness (QED) is 0.371. The van der Waals surface area contributed by atoms with Crippen LogP contribution in [-0.4, -0.2) is 11.0 Å². The zero-order valence-corrected chi connectivity index (χ0v) is 18.0. The van der Waals surface area contributed by atoms with Crippen LogP contribution in [0, 0.1) is 0 Å². The molecule has 0 aliphatic rings. The van der Waals surface area contributed by atoms with Crippen molar-refractivity contribution >= 4 is 11.6 Å². The predicted molar refractivity (Wildman–Crippen MR) is 124 cm³/mol. The van der Waals surface area contributed by atoms with Crippen molar-refractivity contribution in [3.8, 4) is 11.5 Å². The molecule has 1 aromatic heterocycles. The lowest BCUT2D eigenvalue weighted by atomic mass is 9.78. The van der Waals surface area contributed by atoms with E-state index < -0.39 is 5.91 Å². The standard InChI is InChI=1S/C27H25NO4/c1-27(2,19-7-4-3-5-8-19)20-11-13-23(14-12-20)31-18-24-15-16-25(32-24)26(30)28-21-9-6-10-22(29)17-21/h3-17,29H,18H2,1-2H3,(H,28,30). The van der Waals surface area contributed by atoms with Gasteiger partial charge in [0.1, 0.15) is 23.9 Å². The molecule has 1 amide bonds. The van der Waals surface area contributed by atoms with Gasteiger partial charge in [-0.2, -0.15) is 0 Å². The minimum atomic E-state index is -0.394. The summed E-state index contributed by atoms with van der Waals surface area (Å²) in [4.78, 5) is 12.3. The monoisotopic (exact) mass is 427 g/mol. The zero-order valence-electron chi connectivity index (χ0n) is 18.0. The Labute approximate surface area is 187 Å². The molecule has 0 aliphatic carbocycles. The van der Waals surface area contributed by atoms with Crippen LogP contribution in [0.25, 0.3) is 0 Å². The number of nitrogens with one attached hydrogen (secondary N) is 1. The molecule has 0 unspecified atom stereocenters. The fourth-order valence-corrected chi connectivity index (χ4v) is 3.50. The number of hydrogen-bond donors (Lipinski definition) is 2. The van der Waals surface area contributed by atoms with Gasteiger partial charge in [0.05, 0.1) is 0 Å². The Bertz CT molecular complexity index is 1190. The molecule has 2 N–H and O–H groups in total. The van der Waals surface area contributed by atoms with Gasteiger partial charge >= 0.3 is 0 Å². The molecule has 3 aromatic carbocycles. The lowest BCUT2D eigenvalue weighted by Gasteiger charge is -2.26. The van der Waals surface area contributed by atoms with Crippen LogP contribution in [0.5, 0.6) is 11.5 Å². The Morgan fingerprint density at radius 3 is 2.34 bits per heavy atom. The molecule has 0 fully saturated rings. The number of amides is 1. The highest BCUT2D eigenvalue weighted by Crippen LogP contribution is 2.32. The number of phenols is 1. The van der Waals surface area contributed by atoms with Crippen molar-refractivity contribution in [2.24, 2.45) is 0 Å². The number of carbonyl (C=O) groups is 1. The van der Waals surface area contributed by atoms with Crippen molar-refractivity contribution in [1.29, 1.82) is 0 Å². The normalized spacial score (nSPS) is 11.2. The van der Waals surface area contributed by atoms with E-state index in [-0.39, 0.29) is 23.5 Å². The maximum Gasteiger partial charge on any atom is 0.291 e. The molecule has 0 atom stereocenters. The number of furan rings is 1. The Balaban J connectivity index is 1.36. The summed E-state index contributed by atoms with van der Waals surface area (Å²) in [5.41, 5.74) is 2.82. The second-order valence-electron chi connectivity index (χ2n) is 8.07. The average Bonchev–Trinajstić information content (AvgIpc) is 3.28. The number of hydrogen-bond acceptors (Lipinski definition) is 4. The number of rotatable bonds is 7. The maximum atomic E-state index is 12.3. The molecular weight excluding hydrogens is 402 g/mol. The number of aromatic hydroxyl groups is 1. The molecular formula is C27H25NO4. The molecule has 0 bridgehead atoms. The Morgan fingerprint density at radius 1 is 0.906 bits per heavy atom. The molecule has 0 saturated carbocycles. The summed E-state index contributed by atoms with van der Waals surface area (Å²) >= 11 is 0.